The van der Waals surface area contributed by atoms with Crippen LogP contribution in [-0.4, -0.2) is 24.0 Å². The van der Waals surface area contributed by atoms with Crippen molar-refractivity contribution in [2.45, 2.75) is 12.5 Å². The van der Waals surface area contributed by atoms with Gasteiger partial charge in [0, 0.05) is 0 Å². The molecule has 2 N–H and O–H groups in total. The van der Waals surface area contributed by atoms with Gasteiger partial charge in [0.05, 0.1) is 0 Å². The number of para-hydroxylation sites is 1. The Morgan fingerprint density at radius 3 is 2.73 bits per heavy atom. The lowest BCUT2D eigenvalue weighted by Gasteiger charge is -2.10. The molecule has 0 aromatic heterocycles. The minimum absolute atomic E-state index is 0.366. The van der Waals surface area contributed by atoms with Crippen LogP contribution in [0.1, 0.15) is 6.42 Å². The summed E-state index contributed by atoms with van der Waals surface area (Å²) in [6, 6.07) is 8.44. The summed E-state index contributed by atoms with van der Waals surface area (Å²) in [5.74, 6) is 1.04. The van der Waals surface area contributed by atoms with Crippen LogP contribution in [-0.2, 0) is 4.79 Å². The smallest absolute Gasteiger partial charge is 0.328 e. The zero-order chi connectivity index (χ0) is 11.1. The molecule has 15 heavy (non-hydrogen) atoms. The largest absolute Gasteiger partial charge is 0.425 e. The van der Waals surface area contributed by atoms with E-state index in [4.69, 9.17) is 10.5 Å². The van der Waals surface area contributed by atoms with Gasteiger partial charge in [0.25, 0.3) is 0 Å². The van der Waals surface area contributed by atoms with Crippen LogP contribution >= 0.6 is 11.8 Å². The van der Waals surface area contributed by atoms with Crippen LogP contribution in [0, 0.1) is 0 Å². The lowest BCUT2D eigenvalue weighted by atomic mass is 10.2. The van der Waals surface area contributed by atoms with Crippen LogP contribution in [0.15, 0.2) is 30.3 Å². The van der Waals surface area contributed by atoms with Crippen LogP contribution in [0.2, 0.25) is 0 Å². The Kier molecular flexibility index (Phi) is 5.21. The van der Waals surface area contributed by atoms with Crippen molar-refractivity contribution in [2.24, 2.45) is 5.73 Å². The fourth-order valence-electron chi connectivity index (χ4n) is 1.04. The minimum Gasteiger partial charge on any atom is -0.425 e. The SMILES string of the molecule is CSCC[C@H](N)C(=O)Oc1ccccc1. The van der Waals surface area contributed by atoms with E-state index < -0.39 is 6.04 Å². The molecule has 0 saturated carbocycles. The highest BCUT2D eigenvalue weighted by atomic mass is 32.2. The van der Waals surface area contributed by atoms with Gasteiger partial charge in [0.1, 0.15) is 11.8 Å². The Morgan fingerprint density at radius 1 is 1.47 bits per heavy atom. The summed E-state index contributed by atoms with van der Waals surface area (Å²) in [4.78, 5) is 11.5. The number of hydrogen-bond donors (Lipinski definition) is 1. The molecule has 0 saturated heterocycles. The van der Waals surface area contributed by atoms with Gasteiger partial charge in [-0.25, -0.2) is 4.79 Å². The fraction of sp³-hybridized carbons (Fsp3) is 0.364. The number of rotatable bonds is 5. The van der Waals surface area contributed by atoms with Gasteiger partial charge in [-0.1, -0.05) is 18.2 Å². The van der Waals surface area contributed by atoms with Gasteiger partial charge in [-0.15, -0.1) is 0 Å². The van der Waals surface area contributed by atoms with Crippen LogP contribution in [0.25, 0.3) is 0 Å². The van der Waals surface area contributed by atoms with Gasteiger partial charge in [-0.3, -0.25) is 0 Å². The predicted molar refractivity (Wildman–Crippen MR) is 63.1 cm³/mol. The van der Waals surface area contributed by atoms with E-state index in [1.165, 1.54) is 0 Å². The Bertz CT molecular complexity index is 303. The first-order chi connectivity index (χ1) is 7.24. The van der Waals surface area contributed by atoms with Gasteiger partial charge in [0.15, 0.2) is 0 Å². The van der Waals surface area contributed by atoms with Crippen LogP contribution < -0.4 is 10.5 Å². The molecule has 0 aliphatic rings. The molecule has 3 nitrogen and oxygen atoms in total. The highest BCUT2D eigenvalue weighted by molar-refractivity contribution is 7.98. The molecule has 1 aromatic carbocycles. The molecule has 0 radical (unpaired) electrons. The molecule has 1 aromatic rings. The number of carbonyl (C=O) groups is 1. The van der Waals surface area contributed by atoms with Crippen LogP contribution in [0.5, 0.6) is 5.75 Å². The maximum Gasteiger partial charge on any atom is 0.328 e. The highest BCUT2D eigenvalue weighted by Crippen LogP contribution is 2.10. The Balaban J connectivity index is 2.42. The van der Waals surface area contributed by atoms with Crippen molar-refractivity contribution >= 4 is 17.7 Å². The molecule has 4 heteroatoms. The molecule has 0 bridgehead atoms. The second-order valence-corrected chi connectivity index (χ2v) is 4.11. The highest BCUT2D eigenvalue weighted by Gasteiger charge is 2.14. The fourth-order valence-corrected chi connectivity index (χ4v) is 1.53. The quantitative estimate of drug-likeness (QED) is 0.612. The third kappa shape index (κ3) is 4.36. The molecular formula is C11H15NO2S. The first-order valence-corrected chi connectivity index (χ1v) is 6.14. The summed E-state index contributed by atoms with van der Waals surface area (Å²) in [6.45, 7) is 0. The second-order valence-electron chi connectivity index (χ2n) is 3.12. The molecule has 1 atom stereocenters. The lowest BCUT2D eigenvalue weighted by molar-refractivity contribution is -0.135. The van der Waals surface area contributed by atoms with Crippen LogP contribution in [0.4, 0.5) is 0 Å². The average molecular weight is 225 g/mol. The summed E-state index contributed by atoms with van der Waals surface area (Å²) in [7, 11) is 0. The standard InChI is InChI=1S/C11H15NO2S/c1-15-8-7-10(12)11(13)14-9-5-3-2-4-6-9/h2-6,10H,7-8,12H2,1H3/t10-/m0/s1. The minimum atomic E-state index is -0.530. The number of benzene rings is 1. The van der Waals surface area contributed by atoms with Crippen molar-refractivity contribution in [2.75, 3.05) is 12.0 Å². The molecule has 0 aliphatic carbocycles. The molecule has 1 rings (SSSR count). The first-order valence-electron chi connectivity index (χ1n) is 4.75. The maximum absolute atomic E-state index is 11.5. The van der Waals surface area contributed by atoms with E-state index in [2.05, 4.69) is 0 Å². The van der Waals surface area contributed by atoms with E-state index in [-0.39, 0.29) is 5.97 Å². The summed E-state index contributed by atoms with van der Waals surface area (Å²) in [5.41, 5.74) is 5.66. The van der Waals surface area contributed by atoms with E-state index in [0.717, 1.165) is 5.75 Å². The average Bonchev–Trinajstić information content (AvgIpc) is 2.27. The van der Waals surface area contributed by atoms with Gasteiger partial charge in [-0.05, 0) is 30.6 Å². The van der Waals surface area contributed by atoms with Crippen molar-refractivity contribution < 1.29 is 9.53 Å². The van der Waals surface area contributed by atoms with Crippen molar-refractivity contribution in [1.82, 2.24) is 0 Å². The van der Waals surface area contributed by atoms with E-state index in [0.29, 0.717) is 12.2 Å². The Hall–Kier alpha value is -1.00. The van der Waals surface area contributed by atoms with E-state index in [9.17, 15) is 4.79 Å². The number of ether oxygens (including phenoxy) is 1. The van der Waals surface area contributed by atoms with E-state index in [1.807, 2.05) is 24.5 Å². The van der Waals surface area contributed by atoms with Crippen LogP contribution in [0.3, 0.4) is 0 Å². The van der Waals surface area contributed by atoms with Crippen molar-refractivity contribution in [3.8, 4) is 5.75 Å². The summed E-state index contributed by atoms with van der Waals surface area (Å²) in [6.07, 6.45) is 2.63. The molecule has 0 spiro atoms. The number of thioether (sulfide) groups is 1. The lowest BCUT2D eigenvalue weighted by Crippen LogP contribution is -2.34. The summed E-state index contributed by atoms with van der Waals surface area (Å²) < 4.78 is 5.10. The molecule has 0 heterocycles. The maximum atomic E-state index is 11.5. The summed E-state index contributed by atoms with van der Waals surface area (Å²) in [5, 5.41) is 0. The predicted octanol–water partition coefficient (Wildman–Crippen LogP) is 1.67. The van der Waals surface area contributed by atoms with Crippen molar-refractivity contribution in [3.05, 3.63) is 30.3 Å². The van der Waals surface area contributed by atoms with E-state index >= 15 is 0 Å². The third-order valence-electron chi connectivity index (χ3n) is 1.90. The summed E-state index contributed by atoms with van der Waals surface area (Å²) >= 11 is 1.67. The Morgan fingerprint density at radius 2 is 2.13 bits per heavy atom. The number of esters is 1. The van der Waals surface area contributed by atoms with Crippen molar-refractivity contribution in [3.63, 3.8) is 0 Å². The number of nitrogens with two attached hydrogens (primary N) is 1. The number of hydrogen-bond acceptors (Lipinski definition) is 4. The number of carbonyl (C=O) groups excluding carboxylic acids is 1. The topological polar surface area (TPSA) is 52.3 Å². The van der Waals surface area contributed by atoms with Gasteiger partial charge >= 0.3 is 5.97 Å². The molecule has 0 aliphatic heterocycles. The molecule has 82 valence electrons. The van der Waals surface area contributed by atoms with Gasteiger partial charge in [0.2, 0.25) is 0 Å². The van der Waals surface area contributed by atoms with Crippen molar-refractivity contribution in [1.29, 1.82) is 0 Å². The van der Waals surface area contributed by atoms with Gasteiger partial charge < -0.3 is 10.5 Å². The Labute approximate surface area is 94.0 Å². The normalized spacial score (nSPS) is 12.1. The van der Waals surface area contributed by atoms with E-state index in [1.54, 1.807) is 23.9 Å². The molecule has 0 unspecified atom stereocenters. The zero-order valence-electron chi connectivity index (χ0n) is 8.68. The second kappa shape index (κ2) is 6.48. The molecule has 0 amide bonds. The third-order valence-corrected chi connectivity index (χ3v) is 2.54. The first kappa shape index (κ1) is 12.1. The molecule has 0 fully saturated rings. The zero-order valence-corrected chi connectivity index (χ0v) is 9.50. The monoisotopic (exact) mass is 225 g/mol. The molecular weight excluding hydrogens is 210 g/mol. The van der Waals surface area contributed by atoms with Gasteiger partial charge in [-0.2, -0.15) is 11.8 Å².